The van der Waals surface area contributed by atoms with Crippen LogP contribution < -0.4 is 9.80 Å². The van der Waals surface area contributed by atoms with Gasteiger partial charge in [-0.2, -0.15) is 0 Å². The molecule has 4 nitrogen and oxygen atoms in total. The predicted octanol–water partition coefficient (Wildman–Crippen LogP) is 3.28. The van der Waals surface area contributed by atoms with Crippen LogP contribution in [0.3, 0.4) is 0 Å². The van der Waals surface area contributed by atoms with Crippen LogP contribution in [0.5, 0.6) is 0 Å². The first-order chi connectivity index (χ1) is 11.1. The molecule has 5 heteroatoms. The lowest BCUT2D eigenvalue weighted by atomic mass is 10.1. The molecule has 0 unspecified atom stereocenters. The predicted molar refractivity (Wildman–Crippen MR) is 91.6 cm³/mol. The summed E-state index contributed by atoms with van der Waals surface area (Å²) in [5.41, 5.74) is 1.69. The molecule has 2 aliphatic rings. The Labute approximate surface area is 139 Å². The number of fused-ring (bicyclic) bond motifs is 3. The van der Waals surface area contributed by atoms with Crippen molar-refractivity contribution in [2.45, 2.75) is 22.6 Å². The second kappa shape index (κ2) is 5.13. The smallest absolute Gasteiger partial charge is 0.263 e. The van der Waals surface area contributed by atoms with Gasteiger partial charge in [0.1, 0.15) is 0 Å². The van der Waals surface area contributed by atoms with Gasteiger partial charge in [-0.05, 0) is 30.7 Å². The maximum Gasteiger partial charge on any atom is 0.263 e. The van der Waals surface area contributed by atoms with Crippen molar-refractivity contribution in [2.24, 2.45) is 0 Å². The van der Waals surface area contributed by atoms with E-state index in [1.54, 1.807) is 16.8 Å². The Morgan fingerprint density at radius 3 is 2.61 bits per heavy atom. The highest BCUT2D eigenvalue weighted by molar-refractivity contribution is 8.02. The molecule has 4 rings (SSSR count). The average Bonchev–Trinajstić information content (AvgIpc) is 3.10. The molecule has 0 aromatic heterocycles. The molecule has 0 spiro atoms. The fourth-order valence-corrected chi connectivity index (χ4v) is 4.81. The lowest BCUT2D eigenvalue weighted by Gasteiger charge is -2.33. The SMILES string of the molecule is CN(C(=O)[C@]12CCC(=O)N1c1ccccc1S2)c1ccccc1. The molecule has 1 fully saturated rings. The molecule has 23 heavy (non-hydrogen) atoms. The number of nitrogens with zero attached hydrogens (tertiary/aromatic N) is 2. The van der Waals surface area contributed by atoms with Crippen LogP contribution >= 0.6 is 11.8 Å². The van der Waals surface area contributed by atoms with E-state index in [1.807, 2.05) is 54.6 Å². The molecular weight excluding hydrogens is 308 g/mol. The third kappa shape index (κ3) is 2.00. The van der Waals surface area contributed by atoms with Gasteiger partial charge in [0.15, 0.2) is 4.87 Å². The fraction of sp³-hybridized carbons (Fsp3) is 0.222. The molecule has 0 N–H and O–H groups in total. The summed E-state index contributed by atoms with van der Waals surface area (Å²) in [4.78, 5) is 29.2. The molecule has 0 bridgehead atoms. The van der Waals surface area contributed by atoms with Gasteiger partial charge in [-0.25, -0.2) is 0 Å². The van der Waals surface area contributed by atoms with Crippen molar-refractivity contribution in [3.63, 3.8) is 0 Å². The first kappa shape index (κ1) is 14.3. The number of hydrogen-bond donors (Lipinski definition) is 0. The Kier molecular flexibility index (Phi) is 3.20. The zero-order valence-electron chi connectivity index (χ0n) is 12.7. The van der Waals surface area contributed by atoms with E-state index in [0.29, 0.717) is 12.8 Å². The average molecular weight is 324 g/mol. The second-order valence-corrected chi connectivity index (χ2v) is 7.10. The van der Waals surface area contributed by atoms with Crippen LogP contribution in [0.15, 0.2) is 59.5 Å². The molecule has 2 aliphatic heterocycles. The van der Waals surface area contributed by atoms with Crippen LogP contribution in [-0.4, -0.2) is 23.7 Å². The molecule has 0 saturated carbocycles. The second-order valence-electron chi connectivity index (χ2n) is 5.78. The number of carbonyl (C=O) groups is 2. The van der Waals surface area contributed by atoms with Crippen LogP contribution in [-0.2, 0) is 9.59 Å². The first-order valence-electron chi connectivity index (χ1n) is 7.58. The van der Waals surface area contributed by atoms with Crippen molar-refractivity contribution in [2.75, 3.05) is 16.8 Å². The standard InChI is InChI=1S/C18H16N2O2S/c1-19(13-7-3-2-4-8-13)17(22)18-12-11-16(21)20(18)14-9-5-6-10-15(14)23-18/h2-10H,11-12H2,1H3/t18-/m1/s1. The summed E-state index contributed by atoms with van der Waals surface area (Å²) in [6.07, 6.45) is 0.955. The van der Waals surface area contributed by atoms with Gasteiger partial charge in [-0.1, -0.05) is 42.1 Å². The Morgan fingerprint density at radius 1 is 1.13 bits per heavy atom. The zero-order chi connectivity index (χ0) is 16.0. The fourth-order valence-electron chi connectivity index (χ4n) is 3.31. The van der Waals surface area contributed by atoms with Crippen molar-refractivity contribution >= 4 is 35.0 Å². The summed E-state index contributed by atoms with van der Waals surface area (Å²) in [6, 6.07) is 17.3. The maximum atomic E-state index is 13.3. The maximum absolute atomic E-state index is 13.3. The molecule has 2 aromatic carbocycles. The Morgan fingerprint density at radius 2 is 1.83 bits per heavy atom. The topological polar surface area (TPSA) is 40.6 Å². The van der Waals surface area contributed by atoms with Crippen molar-refractivity contribution in [1.29, 1.82) is 0 Å². The van der Waals surface area contributed by atoms with Crippen LogP contribution in [0.4, 0.5) is 11.4 Å². The van der Waals surface area contributed by atoms with Gasteiger partial charge in [-0.15, -0.1) is 0 Å². The normalized spacial score (nSPS) is 22.0. The number of hydrogen-bond acceptors (Lipinski definition) is 3. The Balaban J connectivity index is 1.76. The first-order valence-corrected chi connectivity index (χ1v) is 8.39. The van der Waals surface area contributed by atoms with Crippen molar-refractivity contribution in [3.8, 4) is 0 Å². The molecule has 0 aliphatic carbocycles. The quantitative estimate of drug-likeness (QED) is 0.851. The molecule has 1 saturated heterocycles. The van der Waals surface area contributed by atoms with Gasteiger partial charge >= 0.3 is 0 Å². The van der Waals surface area contributed by atoms with Gasteiger partial charge in [0, 0.05) is 24.1 Å². The summed E-state index contributed by atoms with van der Waals surface area (Å²) in [5, 5.41) is 0. The Bertz CT molecular complexity index is 793. The van der Waals surface area contributed by atoms with E-state index >= 15 is 0 Å². The number of thioether (sulfide) groups is 1. The van der Waals surface area contributed by atoms with E-state index in [-0.39, 0.29) is 11.8 Å². The van der Waals surface area contributed by atoms with E-state index in [0.717, 1.165) is 16.3 Å². The minimum atomic E-state index is -0.842. The zero-order valence-corrected chi connectivity index (χ0v) is 13.5. The molecule has 0 radical (unpaired) electrons. The lowest BCUT2D eigenvalue weighted by molar-refractivity contribution is -0.122. The summed E-state index contributed by atoms with van der Waals surface area (Å²) in [5.74, 6) is -0.0204. The number of likely N-dealkylation sites (N-methyl/N-ethyl adjacent to an activating group) is 1. The molecule has 2 heterocycles. The van der Waals surface area contributed by atoms with Gasteiger partial charge in [0.05, 0.1) is 5.69 Å². The monoisotopic (exact) mass is 324 g/mol. The van der Waals surface area contributed by atoms with Gasteiger partial charge in [0.25, 0.3) is 5.91 Å². The minimum absolute atomic E-state index is 0.0252. The largest absolute Gasteiger partial charge is 0.313 e. The number of rotatable bonds is 2. The lowest BCUT2D eigenvalue weighted by Crippen LogP contribution is -2.53. The van der Waals surface area contributed by atoms with E-state index in [2.05, 4.69) is 0 Å². The molecular formula is C18H16N2O2S. The van der Waals surface area contributed by atoms with Gasteiger partial charge < -0.3 is 4.90 Å². The highest BCUT2D eigenvalue weighted by Gasteiger charge is 2.58. The highest BCUT2D eigenvalue weighted by atomic mass is 32.2. The summed E-state index contributed by atoms with van der Waals surface area (Å²) >= 11 is 1.50. The van der Waals surface area contributed by atoms with Crippen LogP contribution in [0.25, 0.3) is 0 Å². The minimum Gasteiger partial charge on any atom is -0.313 e. The van der Waals surface area contributed by atoms with Crippen LogP contribution in [0, 0.1) is 0 Å². The molecule has 2 amide bonds. The van der Waals surface area contributed by atoms with E-state index in [1.165, 1.54) is 11.8 Å². The molecule has 116 valence electrons. The number of carbonyl (C=O) groups excluding carboxylic acids is 2. The molecule has 1 atom stereocenters. The number of benzene rings is 2. The van der Waals surface area contributed by atoms with Crippen LogP contribution in [0.1, 0.15) is 12.8 Å². The third-order valence-electron chi connectivity index (χ3n) is 4.46. The third-order valence-corrected chi connectivity index (χ3v) is 5.92. The summed E-state index contributed by atoms with van der Waals surface area (Å²) < 4.78 is 0. The molecule has 2 aromatic rings. The van der Waals surface area contributed by atoms with Crippen molar-refractivity contribution in [3.05, 3.63) is 54.6 Å². The van der Waals surface area contributed by atoms with Crippen LogP contribution in [0.2, 0.25) is 0 Å². The Hall–Kier alpha value is -2.27. The summed E-state index contributed by atoms with van der Waals surface area (Å²) in [6.45, 7) is 0. The van der Waals surface area contributed by atoms with E-state index in [9.17, 15) is 9.59 Å². The number of amides is 2. The van der Waals surface area contributed by atoms with E-state index in [4.69, 9.17) is 0 Å². The van der Waals surface area contributed by atoms with Gasteiger partial charge in [0.2, 0.25) is 5.91 Å². The number of anilines is 2. The van der Waals surface area contributed by atoms with E-state index < -0.39 is 4.87 Å². The highest BCUT2D eigenvalue weighted by Crippen LogP contribution is 2.56. The number of para-hydroxylation sites is 2. The van der Waals surface area contributed by atoms with Crippen molar-refractivity contribution < 1.29 is 9.59 Å². The summed E-state index contributed by atoms with van der Waals surface area (Å²) in [7, 11) is 1.77. The van der Waals surface area contributed by atoms with Gasteiger partial charge in [-0.3, -0.25) is 14.5 Å². The van der Waals surface area contributed by atoms with Crippen molar-refractivity contribution in [1.82, 2.24) is 0 Å².